The molecule has 30 heavy (non-hydrogen) atoms. The Balaban J connectivity index is 1.63. The van der Waals surface area contributed by atoms with Crippen molar-refractivity contribution in [2.75, 3.05) is 9.62 Å². The van der Waals surface area contributed by atoms with E-state index < -0.39 is 10.0 Å². The average Bonchev–Trinajstić information content (AvgIpc) is 3.03. The van der Waals surface area contributed by atoms with Crippen molar-refractivity contribution in [3.63, 3.8) is 0 Å². The van der Waals surface area contributed by atoms with E-state index in [1.165, 1.54) is 16.4 Å². The van der Waals surface area contributed by atoms with Crippen molar-refractivity contribution < 1.29 is 13.2 Å². The van der Waals surface area contributed by atoms with Gasteiger partial charge in [0.15, 0.2) is 0 Å². The van der Waals surface area contributed by atoms with Crippen LogP contribution in [-0.4, -0.2) is 20.4 Å². The highest BCUT2D eigenvalue weighted by molar-refractivity contribution is 7.92. The fraction of sp³-hybridized carbons (Fsp3) is 0.174. The molecule has 0 radical (unpaired) electrons. The summed E-state index contributed by atoms with van der Waals surface area (Å²) in [5.41, 5.74) is 3.70. The molecule has 0 saturated carbocycles. The third-order valence-electron chi connectivity index (χ3n) is 5.14. The summed E-state index contributed by atoms with van der Waals surface area (Å²) in [4.78, 5) is 12.9. The zero-order chi connectivity index (χ0) is 21.5. The van der Waals surface area contributed by atoms with Crippen LogP contribution in [0.1, 0.15) is 28.4 Å². The van der Waals surface area contributed by atoms with Gasteiger partial charge in [0.25, 0.3) is 15.9 Å². The molecule has 1 atom stereocenters. The molecule has 0 unspecified atom stereocenters. The first kappa shape index (κ1) is 20.4. The Kier molecular flexibility index (Phi) is 5.30. The van der Waals surface area contributed by atoms with Gasteiger partial charge >= 0.3 is 0 Å². The van der Waals surface area contributed by atoms with Crippen LogP contribution in [0.25, 0.3) is 0 Å². The van der Waals surface area contributed by atoms with Gasteiger partial charge in [-0.25, -0.2) is 8.42 Å². The molecule has 7 heteroatoms. The molecule has 1 aliphatic rings. The number of nitrogens with one attached hydrogen (secondary N) is 1. The number of anilines is 2. The van der Waals surface area contributed by atoms with Gasteiger partial charge in [0.05, 0.1) is 10.6 Å². The molecule has 154 valence electrons. The molecular weight excluding hydrogens is 420 g/mol. The summed E-state index contributed by atoms with van der Waals surface area (Å²) in [5.74, 6) is -0.227. The molecule has 0 spiro atoms. The number of rotatable bonds is 4. The predicted molar refractivity (Wildman–Crippen MR) is 120 cm³/mol. The Morgan fingerprint density at radius 3 is 2.50 bits per heavy atom. The van der Waals surface area contributed by atoms with Gasteiger partial charge in [-0.05, 0) is 86.0 Å². The number of halogens is 1. The number of carbonyl (C=O) groups is 1. The largest absolute Gasteiger partial charge is 0.322 e. The molecule has 0 fully saturated rings. The van der Waals surface area contributed by atoms with E-state index in [0.717, 1.165) is 16.8 Å². The second-order valence-electron chi connectivity index (χ2n) is 7.48. The van der Waals surface area contributed by atoms with Gasteiger partial charge in [-0.2, -0.15) is 0 Å². The maximum atomic E-state index is 13.2. The zero-order valence-corrected chi connectivity index (χ0v) is 18.2. The molecule has 0 aromatic heterocycles. The lowest BCUT2D eigenvalue weighted by atomic mass is 10.1. The second-order valence-corrected chi connectivity index (χ2v) is 9.73. The van der Waals surface area contributed by atoms with Gasteiger partial charge < -0.3 is 5.32 Å². The molecule has 3 aromatic carbocycles. The van der Waals surface area contributed by atoms with Gasteiger partial charge in [0.2, 0.25) is 0 Å². The number of hydrogen-bond donors (Lipinski definition) is 1. The molecule has 1 aliphatic heterocycles. The van der Waals surface area contributed by atoms with Crippen LogP contribution in [-0.2, 0) is 16.4 Å². The minimum absolute atomic E-state index is 0.188. The molecule has 1 heterocycles. The van der Waals surface area contributed by atoms with Crippen LogP contribution in [0.2, 0.25) is 5.02 Å². The minimum Gasteiger partial charge on any atom is -0.322 e. The van der Waals surface area contributed by atoms with Crippen LogP contribution >= 0.6 is 11.6 Å². The van der Waals surface area contributed by atoms with Crippen molar-refractivity contribution in [3.05, 3.63) is 88.4 Å². The standard InChI is InChI=1S/C23H21ClN2O3S/c1-15-4-3-5-20(12-15)25-23(27)17-6-11-22-18(14-17)13-16(2)26(22)30(28,29)21-9-7-19(24)8-10-21/h3-12,14,16H,13H2,1-2H3,(H,25,27)/t16-/m1/s1. The first-order chi connectivity index (χ1) is 14.3. The zero-order valence-electron chi connectivity index (χ0n) is 16.6. The van der Waals surface area contributed by atoms with Crippen molar-refractivity contribution in [1.29, 1.82) is 0 Å². The number of nitrogens with zero attached hydrogens (tertiary/aromatic N) is 1. The van der Waals surface area contributed by atoms with E-state index in [9.17, 15) is 13.2 Å². The average molecular weight is 441 g/mol. The van der Waals surface area contributed by atoms with E-state index in [0.29, 0.717) is 22.7 Å². The van der Waals surface area contributed by atoms with Gasteiger partial charge in [-0.15, -0.1) is 0 Å². The topological polar surface area (TPSA) is 66.5 Å². The third-order valence-corrected chi connectivity index (χ3v) is 7.34. The second kappa shape index (κ2) is 7.78. The highest BCUT2D eigenvalue weighted by Gasteiger charge is 2.36. The third kappa shape index (κ3) is 3.80. The summed E-state index contributed by atoms with van der Waals surface area (Å²) in [6.45, 7) is 3.82. The normalized spacial score (nSPS) is 15.7. The van der Waals surface area contributed by atoms with E-state index >= 15 is 0 Å². The molecule has 5 nitrogen and oxygen atoms in total. The lowest BCUT2D eigenvalue weighted by Crippen LogP contribution is -2.35. The number of amides is 1. The van der Waals surface area contributed by atoms with Gasteiger partial charge in [-0.1, -0.05) is 23.7 Å². The highest BCUT2D eigenvalue weighted by atomic mass is 35.5. The van der Waals surface area contributed by atoms with E-state index in [1.54, 1.807) is 30.3 Å². The number of carbonyl (C=O) groups excluding carboxylic acids is 1. The Hall–Kier alpha value is -2.83. The molecule has 0 aliphatic carbocycles. The first-order valence-electron chi connectivity index (χ1n) is 9.56. The van der Waals surface area contributed by atoms with Crippen LogP contribution in [0.15, 0.2) is 71.6 Å². The lowest BCUT2D eigenvalue weighted by Gasteiger charge is -2.24. The smallest absolute Gasteiger partial charge is 0.264 e. The SMILES string of the molecule is Cc1cccc(NC(=O)c2ccc3c(c2)C[C@@H](C)N3S(=O)(=O)c2ccc(Cl)cc2)c1. The van der Waals surface area contributed by atoms with Crippen molar-refractivity contribution >= 4 is 38.9 Å². The van der Waals surface area contributed by atoms with E-state index in [2.05, 4.69) is 5.32 Å². The summed E-state index contributed by atoms with van der Waals surface area (Å²) < 4.78 is 27.9. The van der Waals surface area contributed by atoms with Crippen LogP contribution in [0.5, 0.6) is 0 Å². The number of sulfonamides is 1. The van der Waals surface area contributed by atoms with Crippen molar-refractivity contribution in [2.24, 2.45) is 0 Å². The summed E-state index contributed by atoms with van der Waals surface area (Å²) in [7, 11) is -3.73. The first-order valence-corrected chi connectivity index (χ1v) is 11.4. The molecule has 4 rings (SSSR count). The lowest BCUT2D eigenvalue weighted by molar-refractivity contribution is 0.102. The van der Waals surface area contributed by atoms with Crippen LogP contribution in [0.3, 0.4) is 0 Å². The Morgan fingerprint density at radius 2 is 1.80 bits per heavy atom. The monoisotopic (exact) mass is 440 g/mol. The maximum Gasteiger partial charge on any atom is 0.264 e. The van der Waals surface area contributed by atoms with Gasteiger partial charge in [-0.3, -0.25) is 9.10 Å². The van der Waals surface area contributed by atoms with Crippen molar-refractivity contribution in [3.8, 4) is 0 Å². The maximum absolute atomic E-state index is 13.2. The molecule has 3 aromatic rings. The van der Waals surface area contributed by atoms with Crippen LogP contribution < -0.4 is 9.62 Å². The van der Waals surface area contributed by atoms with E-state index in [4.69, 9.17) is 11.6 Å². The van der Waals surface area contributed by atoms with E-state index in [-0.39, 0.29) is 16.8 Å². The van der Waals surface area contributed by atoms with Crippen LogP contribution in [0.4, 0.5) is 11.4 Å². The van der Waals surface area contributed by atoms with Gasteiger partial charge in [0, 0.05) is 22.3 Å². The van der Waals surface area contributed by atoms with Crippen molar-refractivity contribution in [2.45, 2.75) is 31.2 Å². The minimum atomic E-state index is -3.73. The van der Waals surface area contributed by atoms with Crippen LogP contribution in [0, 0.1) is 6.92 Å². The number of aryl methyl sites for hydroxylation is 1. The number of hydrogen-bond acceptors (Lipinski definition) is 3. The molecule has 0 saturated heterocycles. The molecule has 1 N–H and O–H groups in total. The molecular formula is C23H21ClN2O3S. The quantitative estimate of drug-likeness (QED) is 0.618. The summed E-state index contributed by atoms with van der Waals surface area (Å²) in [5, 5.41) is 3.37. The van der Waals surface area contributed by atoms with Crippen molar-refractivity contribution in [1.82, 2.24) is 0 Å². The summed E-state index contributed by atoms with van der Waals surface area (Å²) in [6, 6.07) is 18.6. The summed E-state index contributed by atoms with van der Waals surface area (Å²) >= 11 is 5.90. The molecule has 1 amide bonds. The number of fused-ring (bicyclic) bond motifs is 1. The fourth-order valence-electron chi connectivity index (χ4n) is 3.76. The van der Waals surface area contributed by atoms with E-state index in [1.807, 2.05) is 38.1 Å². The molecule has 0 bridgehead atoms. The summed E-state index contributed by atoms with van der Waals surface area (Å²) in [6.07, 6.45) is 0.535. The van der Waals surface area contributed by atoms with Gasteiger partial charge in [0.1, 0.15) is 0 Å². The Morgan fingerprint density at radius 1 is 1.07 bits per heavy atom. The Labute approximate surface area is 181 Å². The number of benzene rings is 3. The highest BCUT2D eigenvalue weighted by Crippen LogP contribution is 2.37. The predicted octanol–water partition coefficient (Wildman–Crippen LogP) is 5.04. The fourth-order valence-corrected chi connectivity index (χ4v) is 5.57. The Bertz CT molecular complexity index is 1220.